The number of nitrogens with zero attached hydrogens (tertiary/aromatic N) is 5. The van der Waals surface area contributed by atoms with E-state index in [9.17, 15) is 9.50 Å². The number of rotatable bonds is 6. The number of pyridine rings is 1. The van der Waals surface area contributed by atoms with E-state index in [1.165, 1.54) is 6.07 Å². The maximum absolute atomic E-state index is 14.7. The van der Waals surface area contributed by atoms with Crippen molar-refractivity contribution in [1.82, 2.24) is 29.7 Å². The molecule has 0 aliphatic rings. The Bertz CT molecular complexity index is 1490. The van der Waals surface area contributed by atoms with Crippen LogP contribution >= 0.6 is 0 Å². The lowest BCUT2D eigenvalue weighted by atomic mass is 9.85. The normalized spacial score (nSPS) is 13.3. The van der Waals surface area contributed by atoms with Gasteiger partial charge in [-0.25, -0.2) is 19.3 Å². The number of nitrogens with two attached hydrogens (primary N) is 1. The highest BCUT2D eigenvalue weighted by molar-refractivity contribution is 5.95. The van der Waals surface area contributed by atoms with Gasteiger partial charge in [-0.2, -0.15) is 5.10 Å². The minimum absolute atomic E-state index is 0.0101. The molecule has 0 saturated carbocycles. The summed E-state index contributed by atoms with van der Waals surface area (Å²) in [7, 11) is 1.86. The van der Waals surface area contributed by atoms with Crippen LogP contribution in [0.1, 0.15) is 31.0 Å². The molecule has 4 heterocycles. The molecule has 4 aromatic heterocycles. The number of aliphatic hydroxyl groups is 1. The molecule has 34 heavy (non-hydrogen) atoms. The van der Waals surface area contributed by atoms with Crippen LogP contribution in [0.15, 0.2) is 61.2 Å². The van der Waals surface area contributed by atoms with Crippen molar-refractivity contribution in [2.45, 2.75) is 25.4 Å². The third kappa shape index (κ3) is 3.69. The van der Waals surface area contributed by atoms with Gasteiger partial charge in [0.25, 0.3) is 0 Å². The maximum Gasteiger partial charge on any atom is 0.220 e. The average molecular weight is 458 g/mol. The van der Waals surface area contributed by atoms with Gasteiger partial charge in [-0.1, -0.05) is 31.5 Å². The molecular formula is C25H24FN7O. The lowest BCUT2D eigenvalue weighted by Crippen LogP contribution is -2.30. The highest BCUT2D eigenvalue weighted by atomic mass is 19.1. The van der Waals surface area contributed by atoms with Crippen molar-refractivity contribution in [3.63, 3.8) is 0 Å². The number of halogens is 1. The molecule has 5 rings (SSSR count). The van der Waals surface area contributed by atoms with Crippen molar-refractivity contribution < 1.29 is 9.50 Å². The fourth-order valence-electron chi connectivity index (χ4n) is 4.32. The second-order valence-corrected chi connectivity index (χ2v) is 8.31. The highest BCUT2D eigenvalue weighted by Gasteiger charge is 2.35. The van der Waals surface area contributed by atoms with Crippen LogP contribution in [0.25, 0.3) is 33.4 Å². The van der Waals surface area contributed by atoms with Crippen LogP contribution in [-0.2, 0) is 12.6 Å². The largest absolute Gasteiger partial charge is 0.379 e. The van der Waals surface area contributed by atoms with E-state index in [4.69, 9.17) is 5.73 Å². The monoisotopic (exact) mass is 457 g/mol. The quantitative estimate of drug-likeness (QED) is 0.352. The number of nitrogens with one attached hydrogen (secondary N) is 1. The first-order valence-corrected chi connectivity index (χ1v) is 11.0. The smallest absolute Gasteiger partial charge is 0.220 e. The first-order chi connectivity index (χ1) is 16.4. The number of aryl methyl sites for hydroxylation is 1. The van der Waals surface area contributed by atoms with E-state index in [0.29, 0.717) is 17.8 Å². The molecule has 0 aliphatic heterocycles. The molecule has 4 N–H and O–H groups in total. The van der Waals surface area contributed by atoms with Gasteiger partial charge < -0.3 is 15.8 Å². The first-order valence-electron chi connectivity index (χ1n) is 11.0. The van der Waals surface area contributed by atoms with Crippen molar-refractivity contribution in [3.05, 3.63) is 78.3 Å². The molecule has 8 nitrogen and oxygen atoms in total. The Morgan fingerprint density at radius 2 is 1.97 bits per heavy atom. The molecular weight excluding hydrogens is 433 g/mol. The molecule has 0 aliphatic carbocycles. The summed E-state index contributed by atoms with van der Waals surface area (Å²) < 4.78 is 16.5. The van der Waals surface area contributed by atoms with E-state index in [2.05, 4.69) is 25.0 Å². The minimum Gasteiger partial charge on any atom is -0.379 e. The topological polar surface area (TPSA) is 119 Å². The van der Waals surface area contributed by atoms with E-state index >= 15 is 0 Å². The zero-order valence-electron chi connectivity index (χ0n) is 18.8. The molecule has 0 fully saturated rings. The van der Waals surface area contributed by atoms with Gasteiger partial charge in [0, 0.05) is 53.3 Å². The summed E-state index contributed by atoms with van der Waals surface area (Å²) in [4.78, 5) is 16.4. The molecule has 0 unspecified atom stereocenters. The molecule has 5 aromatic rings. The van der Waals surface area contributed by atoms with Crippen molar-refractivity contribution in [2.75, 3.05) is 5.73 Å². The van der Waals surface area contributed by atoms with Gasteiger partial charge in [-0.05, 0) is 24.6 Å². The van der Waals surface area contributed by atoms with Crippen molar-refractivity contribution >= 4 is 17.0 Å². The van der Waals surface area contributed by atoms with Crippen LogP contribution < -0.4 is 5.73 Å². The summed E-state index contributed by atoms with van der Waals surface area (Å²) in [6.45, 7) is 1.92. The van der Waals surface area contributed by atoms with E-state index in [-0.39, 0.29) is 23.6 Å². The lowest BCUT2D eigenvalue weighted by molar-refractivity contribution is 0.0619. The SMILES string of the molecule is CCC[C@](O)(c1cc(-c2c[nH]c3ncc(-c4cnn(C)c4)cc23)nc(N)n1)c1ccccc1F. The highest BCUT2D eigenvalue weighted by Crippen LogP contribution is 2.37. The van der Waals surface area contributed by atoms with Gasteiger partial charge in [-0.15, -0.1) is 0 Å². The third-order valence-corrected chi connectivity index (χ3v) is 5.94. The van der Waals surface area contributed by atoms with E-state index in [1.54, 1.807) is 47.5 Å². The second kappa shape index (κ2) is 8.35. The zero-order chi connectivity index (χ0) is 23.9. The van der Waals surface area contributed by atoms with Gasteiger partial charge in [0.05, 0.1) is 17.6 Å². The van der Waals surface area contributed by atoms with E-state index < -0.39 is 11.4 Å². The summed E-state index contributed by atoms with van der Waals surface area (Å²) in [6.07, 6.45) is 8.13. The predicted molar refractivity (Wildman–Crippen MR) is 128 cm³/mol. The number of benzene rings is 1. The number of H-pyrrole nitrogens is 1. The number of aromatic nitrogens is 6. The Morgan fingerprint density at radius 1 is 1.15 bits per heavy atom. The number of fused-ring (bicyclic) bond motifs is 1. The van der Waals surface area contributed by atoms with E-state index in [0.717, 1.165) is 22.1 Å². The van der Waals surface area contributed by atoms with Crippen LogP contribution in [0.5, 0.6) is 0 Å². The molecule has 9 heteroatoms. The Kier molecular flexibility index (Phi) is 5.33. The Morgan fingerprint density at radius 3 is 2.71 bits per heavy atom. The van der Waals surface area contributed by atoms with Crippen molar-refractivity contribution in [2.24, 2.45) is 7.05 Å². The van der Waals surface area contributed by atoms with Crippen molar-refractivity contribution in [1.29, 1.82) is 0 Å². The predicted octanol–water partition coefficient (Wildman–Crippen LogP) is 4.18. The van der Waals surface area contributed by atoms with E-state index in [1.807, 2.05) is 26.2 Å². The van der Waals surface area contributed by atoms with Crippen molar-refractivity contribution in [3.8, 4) is 22.4 Å². The second-order valence-electron chi connectivity index (χ2n) is 8.31. The molecule has 0 spiro atoms. The fourth-order valence-corrected chi connectivity index (χ4v) is 4.32. The molecule has 0 saturated heterocycles. The Labute approximate surface area is 195 Å². The van der Waals surface area contributed by atoms with Gasteiger partial charge in [-0.3, -0.25) is 4.68 Å². The third-order valence-electron chi connectivity index (χ3n) is 5.94. The van der Waals surface area contributed by atoms with Gasteiger partial charge in [0.1, 0.15) is 17.1 Å². The van der Waals surface area contributed by atoms with Crippen LogP contribution in [0.2, 0.25) is 0 Å². The molecule has 1 aromatic carbocycles. The average Bonchev–Trinajstić information content (AvgIpc) is 3.45. The van der Waals surface area contributed by atoms with Crippen LogP contribution in [0.3, 0.4) is 0 Å². The maximum atomic E-state index is 14.7. The molecule has 1 atom stereocenters. The van der Waals surface area contributed by atoms with Crippen LogP contribution in [0.4, 0.5) is 10.3 Å². The van der Waals surface area contributed by atoms with Gasteiger partial charge in [0.15, 0.2) is 0 Å². The number of anilines is 1. The van der Waals surface area contributed by atoms with Gasteiger partial charge in [0.2, 0.25) is 5.95 Å². The number of aromatic amines is 1. The summed E-state index contributed by atoms with van der Waals surface area (Å²) in [6, 6.07) is 9.83. The number of hydrogen-bond acceptors (Lipinski definition) is 6. The summed E-state index contributed by atoms with van der Waals surface area (Å²) >= 11 is 0. The van der Waals surface area contributed by atoms with Crippen LogP contribution in [0, 0.1) is 5.82 Å². The standard InChI is InChI=1S/C25H24FN7O/c1-3-8-25(34,19-6-4-5-7-20(19)26)22-10-21(31-24(27)32-22)18-13-29-23-17(18)9-15(11-28-23)16-12-30-33(2)14-16/h4-7,9-14,34H,3,8H2,1-2H3,(H,28,29)(H2,27,31,32)/t25-/m1/s1. The lowest BCUT2D eigenvalue weighted by Gasteiger charge is -2.28. The Balaban J connectivity index is 1.66. The minimum atomic E-state index is -1.66. The van der Waals surface area contributed by atoms with Crippen LogP contribution in [-0.4, -0.2) is 34.8 Å². The summed E-state index contributed by atoms with van der Waals surface area (Å²) in [5.41, 5.74) is 8.58. The summed E-state index contributed by atoms with van der Waals surface area (Å²) in [5.74, 6) is -0.515. The Hall–Kier alpha value is -4.11. The summed E-state index contributed by atoms with van der Waals surface area (Å²) in [5, 5.41) is 16.7. The molecule has 0 radical (unpaired) electrons. The molecule has 0 amide bonds. The first kappa shape index (κ1) is 21.7. The van der Waals surface area contributed by atoms with Gasteiger partial charge >= 0.3 is 0 Å². The number of nitrogen functional groups attached to an aromatic ring is 1. The fraction of sp³-hybridized carbons (Fsp3) is 0.200. The molecule has 172 valence electrons. The zero-order valence-corrected chi connectivity index (χ0v) is 18.8. The molecule has 0 bridgehead atoms. The number of hydrogen-bond donors (Lipinski definition) is 3.